The molecule has 0 radical (unpaired) electrons. The molecule has 2 saturated heterocycles. The summed E-state index contributed by atoms with van der Waals surface area (Å²) in [7, 11) is 0. The molecule has 1 aromatic heterocycles. The van der Waals surface area contributed by atoms with Crippen LogP contribution in [0.2, 0.25) is 0 Å². The number of benzene rings is 1. The zero-order chi connectivity index (χ0) is 14.9. The zero-order valence-corrected chi connectivity index (χ0v) is 14.0. The van der Waals surface area contributed by atoms with Crippen LogP contribution in [0.15, 0.2) is 29.6 Å². The highest BCUT2D eigenvalue weighted by Gasteiger charge is 2.30. The molecule has 116 valence electrons. The first-order valence-electron chi connectivity index (χ1n) is 8.26. The molecule has 2 aromatic rings. The van der Waals surface area contributed by atoms with Crippen molar-refractivity contribution in [3.05, 3.63) is 40.9 Å². The second-order valence-electron chi connectivity index (χ2n) is 6.53. The Bertz CT molecular complexity index is 651. The first kappa shape index (κ1) is 14.4. The van der Waals surface area contributed by atoms with Crippen LogP contribution in [0.5, 0.6) is 0 Å². The highest BCUT2D eigenvalue weighted by Crippen LogP contribution is 2.28. The van der Waals surface area contributed by atoms with Crippen molar-refractivity contribution in [2.24, 2.45) is 0 Å². The van der Waals surface area contributed by atoms with Crippen molar-refractivity contribution in [1.82, 2.24) is 14.8 Å². The van der Waals surface area contributed by atoms with Gasteiger partial charge in [-0.05, 0) is 31.9 Å². The molecule has 3 heterocycles. The van der Waals surface area contributed by atoms with E-state index in [1.807, 2.05) is 0 Å². The standard InChI is InChI=1S/C18H23N3S/c1-14-5-2-3-7-17(14)18-19-15(13-22-18)11-20-9-10-21-8-4-6-16(21)12-20/h2-3,5,7,13,16H,4,6,8-12H2,1H3/t16-/m0/s1. The Labute approximate surface area is 136 Å². The highest BCUT2D eigenvalue weighted by atomic mass is 32.1. The van der Waals surface area contributed by atoms with Crippen molar-refractivity contribution in [3.63, 3.8) is 0 Å². The zero-order valence-electron chi connectivity index (χ0n) is 13.2. The van der Waals surface area contributed by atoms with Crippen molar-refractivity contribution in [2.45, 2.75) is 32.4 Å². The molecule has 0 amide bonds. The second kappa shape index (κ2) is 6.11. The minimum Gasteiger partial charge on any atom is -0.298 e. The van der Waals surface area contributed by atoms with Gasteiger partial charge in [-0.2, -0.15) is 0 Å². The first-order valence-corrected chi connectivity index (χ1v) is 9.14. The molecule has 4 rings (SSSR count). The quantitative estimate of drug-likeness (QED) is 0.866. The summed E-state index contributed by atoms with van der Waals surface area (Å²) in [5.41, 5.74) is 3.82. The lowest BCUT2D eigenvalue weighted by atomic mass is 10.1. The smallest absolute Gasteiger partial charge is 0.123 e. The molecule has 2 aliphatic heterocycles. The van der Waals surface area contributed by atoms with E-state index in [1.54, 1.807) is 11.3 Å². The molecule has 0 unspecified atom stereocenters. The third-order valence-corrected chi connectivity index (χ3v) is 5.91. The predicted molar refractivity (Wildman–Crippen MR) is 92.2 cm³/mol. The summed E-state index contributed by atoms with van der Waals surface area (Å²) in [4.78, 5) is 10.1. The monoisotopic (exact) mass is 313 g/mol. The normalized spacial score (nSPS) is 22.9. The Morgan fingerprint density at radius 2 is 2.14 bits per heavy atom. The van der Waals surface area contributed by atoms with Crippen LogP contribution >= 0.6 is 11.3 Å². The van der Waals surface area contributed by atoms with Gasteiger partial charge in [-0.25, -0.2) is 4.98 Å². The first-order chi connectivity index (χ1) is 10.8. The summed E-state index contributed by atoms with van der Waals surface area (Å²) in [5.74, 6) is 0. The van der Waals surface area contributed by atoms with E-state index in [0.717, 1.165) is 17.6 Å². The number of fused-ring (bicyclic) bond motifs is 1. The van der Waals surface area contributed by atoms with Gasteiger partial charge >= 0.3 is 0 Å². The molecular formula is C18H23N3S. The Hall–Kier alpha value is -1.23. The van der Waals surface area contributed by atoms with Gasteiger partial charge < -0.3 is 0 Å². The van der Waals surface area contributed by atoms with E-state index in [0.29, 0.717) is 0 Å². The second-order valence-corrected chi connectivity index (χ2v) is 7.38. The van der Waals surface area contributed by atoms with E-state index in [4.69, 9.17) is 4.98 Å². The summed E-state index contributed by atoms with van der Waals surface area (Å²) in [5, 5.41) is 3.40. The SMILES string of the molecule is Cc1ccccc1-c1nc(CN2CCN3CCC[C@H]3C2)cs1. The summed E-state index contributed by atoms with van der Waals surface area (Å²) in [6.07, 6.45) is 2.76. The molecule has 22 heavy (non-hydrogen) atoms. The van der Waals surface area contributed by atoms with Crippen LogP contribution in [-0.4, -0.2) is 47.0 Å². The largest absolute Gasteiger partial charge is 0.298 e. The average molecular weight is 313 g/mol. The van der Waals surface area contributed by atoms with Crippen molar-refractivity contribution in [1.29, 1.82) is 0 Å². The molecule has 0 aliphatic carbocycles. The Balaban J connectivity index is 1.45. The number of thiazole rings is 1. The molecule has 4 heteroatoms. The van der Waals surface area contributed by atoms with Crippen molar-refractivity contribution < 1.29 is 0 Å². The summed E-state index contributed by atoms with van der Waals surface area (Å²) in [6, 6.07) is 9.32. The van der Waals surface area contributed by atoms with E-state index < -0.39 is 0 Å². The lowest BCUT2D eigenvalue weighted by Crippen LogP contribution is -2.49. The fourth-order valence-electron chi connectivity index (χ4n) is 3.74. The van der Waals surface area contributed by atoms with Crippen molar-refractivity contribution >= 4 is 11.3 Å². The van der Waals surface area contributed by atoms with Crippen LogP contribution in [0.4, 0.5) is 0 Å². The van der Waals surface area contributed by atoms with Gasteiger partial charge in [0.1, 0.15) is 5.01 Å². The number of hydrogen-bond donors (Lipinski definition) is 0. The van der Waals surface area contributed by atoms with Gasteiger partial charge in [0.05, 0.1) is 5.69 Å². The van der Waals surface area contributed by atoms with E-state index in [-0.39, 0.29) is 0 Å². The van der Waals surface area contributed by atoms with Gasteiger partial charge in [0.15, 0.2) is 0 Å². The molecule has 0 bridgehead atoms. The number of hydrogen-bond acceptors (Lipinski definition) is 4. The van der Waals surface area contributed by atoms with Gasteiger partial charge in [0.2, 0.25) is 0 Å². The molecule has 1 aromatic carbocycles. The van der Waals surface area contributed by atoms with Gasteiger partial charge in [0, 0.05) is 43.2 Å². The number of rotatable bonds is 3. The van der Waals surface area contributed by atoms with E-state index >= 15 is 0 Å². The maximum atomic E-state index is 4.88. The number of aryl methyl sites for hydroxylation is 1. The van der Waals surface area contributed by atoms with E-state index in [2.05, 4.69) is 46.4 Å². The molecule has 2 aliphatic rings. The fourth-order valence-corrected chi connectivity index (χ4v) is 4.65. The third kappa shape index (κ3) is 2.83. The van der Waals surface area contributed by atoms with Crippen LogP contribution in [0.3, 0.4) is 0 Å². The molecule has 0 spiro atoms. The molecule has 3 nitrogen and oxygen atoms in total. The Morgan fingerprint density at radius 1 is 1.23 bits per heavy atom. The maximum absolute atomic E-state index is 4.88. The van der Waals surface area contributed by atoms with Gasteiger partial charge in [-0.3, -0.25) is 9.80 Å². The minimum absolute atomic E-state index is 0.795. The lowest BCUT2D eigenvalue weighted by Gasteiger charge is -2.37. The van der Waals surface area contributed by atoms with Crippen molar-refractivity contribution in [3.8, 4) is 10.6 Å². The van der Waals surface area contributed by atoms with Crippen LogP contribution < -0.4 is 0 Å². The van der Waals surface area contributed by atoms with Crippen LogP contribution in [-0.2, 0) is 6.54 Å². The summed E-state index contributed by atoms with van der Waals surface area (Å²) < 4.78 is 0. The van der Waals surface area contributed by atoms with Crippen LogP contribution in [0.25, 0.3) is 10.6 Å². The van der Waals surface area contributed by atoms with Crippen LogP contribution in [0, 0.1) is 6.92 Å². The summed E-state index contributed by atoms with van der Waals surface area (Å²) >= 11 is 1.78. The van der Waals surface area contributed by atoms with Gasteiger partial charge in [-0.1, -0.05) is 24.3 Å². The number of nitrogens with zero attached hydrogens (tertiary/aromatic N) is 3. The Morgan fingerprint density at radius 3 is 3.05 bits per heavy atom. The summed E-state index contributed by atoms with van der Waals surface area (Å²) in [6.45, 7) is 8.12. The van der Waals surface area contributed by atoms with E-state index in [1.165, 1.54) is 55.8 Å². The minimum atomic E-state index is 0.795. The maximum Gasteiger partial charge on any atom is 0.123 e. The van der Waals surface area contributed by atoms with Gasteiger partial charge in [0.25, 0.3) is 0 Å². The molecular weight excluding hydrogens is 290 g/mol. The molecule has 1 atom stereocenters. The van der Waals surface area contributed by atoms with Crippen molar-refractivity contribution in [2.75, 3.05) is 26.2 Å². The van der Waals surface area contributed by atoms with Crippen LogP contribution in [0.1, 0.15) is 24.1 Å². The predicted octanol–water partition coefficient (Wildman–Crippen LogP) is 3.40. The number of aromatic nitrogens is 1. The topological polar surface area (TPSA) is 19.4 Å². The Kier molecular flexibility index (Phi) is 3.99. The average Bonchev–Trinajstić information content (AvgIpc) is 3.16. The molecule has 2 fully saturated rings. The highest BCUT2D eigenvalue weighted by molar-refractivity contribution is 7.13. The number of piperazine rings is 1. The third-order valence-electron chi connectivity index (χ3n) is 4.98. The lowest BCUT2D eigenvalue weighted by molar-refractivity contribution is 0.0986. The van der Waals surface area contributed by atoms with Gasteiger partial charge in [-0.15, -0.1) is 11.3 Å². The molecule has 0 saturated carbocycles. The van der Waals surface area contributed by atoms with E-state index in [9.17, 15) is 0 Å². The fraction of sp³-hybridized carbons (Fsp3) is 0.500. The molecule has 0 N–H and O–H groups in total.